The molecule has 136 valence electrons. The topological polar surface area (TPSA) is 66.0 Å². The molecule has 4 aromatic rings. The molecule has 2 N–H and O–H groups in total. The van der Waals surface area contributed by atoms with Gasteiger partial charge in [-0.15, -0.1) is 11.3 Å². The number of aryl methyl sites for hydroxylation is 1. The van der Waals surface area contributed by atoms with E-state index < -0.39 is 0 Å². The molecule has 0 aliphatic carbocycles. The largest absolute Gasteiger partial charge is 0.506 e. The number of H-pyrrole nitrogens is 1. The standard InChI is InChI=1S/C21H17FN2O2S/c22-14-8-6-13(7-9-14)3-1-4-16(25)15-10-11-17(26)20-19(15)23-21(24-20)18-5-2-12-27-18/h2,5-12,26H,1,3-4H2,(H,23,24). The van der Waals surface area contributed by atoms with Crippen molar-refractivity contribution in [1.29, 1.82) is 0 Å². The maximum atomic E-state index is 13.0. The van der Waals surface area contributed by atoms with Crippen LogP contribution in [0.1, 0.15) is 28.8 Å². The molecular formula is C21H17FN2O2S. The van der Waals surface area contributed by atoms with Crippen LogP contribution in [0.3, 0.4) is 0 Å². The van der Waals surface area contributed by atoms with Crippen LogP contribution in [-0.2, 0) is 6.42 Å². The number of thiophene rings is 1. The van der Waals surface area contributed by atoms with Crippen LogP contribution in [-0.4, -0.2) is 20.9 Å². The molecule has 0 bridgehead atoms. The van der Waals surface area contributed by atoms with Gasteiger partial charge in [0.05, 0.1) is 4.88 Å². The molecule has 0 saturated heterocycles. The number of rotatable bonds is 6. The molecule has 27 heavy (non-hydrogen) atoms. The summed E-state index contributed by atoms with van der Waals surface area (Å²) in [5, 5.41) is 12.1. The van der Waals surface area contributed by atoms with Gasteiger partial charge in [-0.1, -0.05) is 18.2 Å². The van der Waals surface area contributed by atoms with Crippen LogP contribution in [0, 0.1) is 5.82 Å². The van der Waals surface area contributed by atoms with Crippen molar-refractivity contribution < 1.29 is 14.3 Å². The number of Topliss-reactive ketones (excluding diaryl/α,β-unsaturated/α-hetero) is 1. The minimum atomic E-state index is -0.263. The fraction of sp³-hybridized carbons (Fsp3) is 0.143. The Labute approximate surface area is 159 Å². The number of hydrogen-bond acceptors (Lipinski definition) is 4. The quantitative estimate of drug-likeness (QED) is 0.444. The Bertz CT molecular complexity index is 1090. The Kier molecular flexibility index (Phi) is 4.73. The molecule has 2 heterocycles. The van der Waals surface area contributed by atoms with Gasteiger partial charge in [-0.3, -0.25) is 4.79 Å². The van der Waals surface area contributed by atoms with Crippen molar-refractivity contribution in [2.24, 2.45) is 0 Å². The van der Waals surface area contributed by atoms with Gasteiger partial charge in [0.15, 0.2) is 5.78 Å². The van der Waals surface area contributed by atoms with E-state index in [9.17, 15) is 14.3 Å². The molecule has 0 radical (unpaired) electrons. The van der Waals surface area contributed by atoms with Gasteiger partial charge in [-0.25, -0.2) is 9.37 Å². The number of ketones is 1. The number of carbonyl (C=O) groups excluding carboxylic acids is 1. The van der Waals surface area contributed by atoms with Gasteiger partial charge in [0.25, 0.3) is 0 Å². The smallest absolute Gasteiger partial charge is 0.165 e. The lowest BCUT2D eigenvalue weighted by Gasteiger charge is -2.04. The summed E-state index contributed by atoms with van der Waals surface area (Å²) in [6.07, 6.45) is 1.72. The zero-order valence-corrected chi connectivity index (χ0v) is 15.2. The summed E-state index contributed by atoms with van der Waals surface area (Å²) in [6, 6.07) is 13.3. The number of aromatic amines is 1. The number of aromatic nitrogens is 2. The van der Waals surface area contributed by atoms with Crippen molar-refractivity contribution in [2.45, 2.75) is 19.3 Å². The summed E-state index contributed by atoms with van der Waals surface area (Å²) in [4.78, 5) is 21.3. The summed E-state index contributed by atoms with van der Waals surface area (Å²) in [5.41, 5.74) is 2.47. The monoisotopic (exact) mass is 380 g/mol. The van der Waals surface area contributed by atoms with E-state index in [0.717, 1.165) is 10.4 Å². The Balaban J connectivity index is 1.54. The van der Waals surface area contributed by atoms with Gasteiger partial charge in [0.1, 0.15) is 28.4 Å². The predicted molar refractivity (Wildman–Crippen MR) is 105 cm³/mol. The third-order valence-corrected chi connectivity index (χ3v) is 5.34. The first-order valence-electron chi connectivity index (χ1n) is 8.65. The maximum absolute atomic E-state index is 13.0. The predicted octanol–water partition coefficient (Wildman–Crippen LogP) is 5.34. The molecule has 0 amide bonds. The molecule has 0 spiro atoms. The third-order valence-electron chi connectivity index (χ3n) is 4.46. The second-order valence-corrected chi connectivity index (χ2v) is 7.27. The molecule has 0 atom stereocenters. The molecule has 4 rings (SSSR count). The summed E-state index contributed by atoms with van der Waals surface area (Å²) < 4.78 is 13.0. The zero-order valence-electron chi connectivity index (χ0n) is 14.4. The number of carbonyl (C=O) groups is 1. The Morgan fingerprint density at radius 3 is 2.70 bits per heavy atom. The Morgan fingerprint density at radius 1 is 1.15 bits per heavy atom. The van der Waals surface area contributed by atoms with E-state index in [1.54, 1.807) is 18.2 Å². The van der Waals surface area contributed by atoms with Gasteiger partial charge >= 0.3 is 0 Å². The highest BCUT2D eigenvalue weighted by Gasteiger charge is 2.17. The first-order chi connectivity index (χ1) is 13.1. The summed E-state index contributed by atoms with van der Waals surface area (Å²) in [5.74, 6) is 0.428. The molecule has 0 unspecified atom stereocenters. The fourth-order valence-electron chi connectivity index (χ4n) is 3.07. The number of phenols is 1. The lowest BCUT2D eigenvalue weighted by Crippen LogP contribution is -2.01. The van der Waals surface area contributed by atoms with E-state index in [0.29, 0.717) is 41.7 Å². The first-order valence-corrected chi connectivity index (χ1v) is 9.53. The van der Waals surface area contributed by atoms with Crippen LogP contribution in [0.15, 0.2) is 53.9 Å². The summed E-state index contributed by atoms with van der Waals surface area (Å²) in [6.45, 7) is 0. The number of nitrogens with one attached hydrogen (secondary N) is 1. The van der Waals surface area contributed by atoms with Crippen LogP contribution in [0.5, 0.6) is 5.75 Å². The Morgan fingerprint density at radius 2 is 1.96 bits per heavy atom. The molecule has 0 aliphatic heterocycles. The van der Waals surface area contributed by atoms with Crippen molar-refractivity contribution in [3.63, 3.8) is 0 Å². The zero-order chi connectivity index (χ0) is 18.8. The highest BCUT2D eigenvalue weighted by atomic mass is 32.1. The van der Waals surface area contributed by atoms with Crippen molar-refractivity contribution >= 4 is 28.2 Å². The van der Waals surface area contributed by atoms with Gasteiger partial charge in [-0.2, -0.15) is 0 Å². The average molecular weight is 380 g/mol. The average Bonchev–Trinajstić information content (AvgIpc) is 3.33. The van der Waals surface area contributed by atoms with Gasteiger partial charge in [0, 0.05) is 12.0 Å². The number of hydrogen-bond donors (Lipinski definition) is 2. The SMILES string of the molecule is O=C(CCCc1ccc(F)cc1)c1ccc(O)c2[nH]c(-c3cccs3)nc12. The molecule has 6 heteroatoms. The van der Waals surface area contributed by atoms with Gasteiger partial charge < -0.3 is 10.1 Å². The van der Waals surface area contributed by atoms with E-state index in [2.05, 4.69) is 9.97 Å². The van der Waals surface area contributed by atoms with Crippen LogP contribution < -0.4 is 0 Å². The fourth-order valence-corrected chi connectivity index (χ4v) is 3.74. The number of aromatic hydroxyl groups is 1. The van der Waals surface area contributed by atoms with Crippen molar-refractivity contribution in [1.82, 2.24) is 9.97 Å². The van der Waals surface area contributed by atoms with Crippen LogP contribution in [0.4, 0.5) is 4.39 Å². The highest BCUT2D eigenvalue weighted by Crippen LogP contribution is 2.31. The molecule has 0 aliphatic rings. The second kappa shape index (κ2) is 7.32. The van der Waals surface area contributed by atoms with Crippen LogP contribution >= 0.6 is 11.3 Å². The summed E-state index contributed by atoms with van der Waals surface area (Å²) >= 11 is 1.54. The van der Waals surface area contributed by atoms with Crippen LogP contribution in [0.25, 0.3) is 21.7 Å². The molecule has 2 aromatic heterocycles. The second-order valence-electron chi connectivity index (χ2n) is 6.32. The van der Waals surface area contributed by atoms with E-state index in [1.165, 1.54) is 29.5 Å². The number of nitrogens with zero attached hydrogens (tertiary/aromatic N) is 1. The minimum Gasteiger partial charge on any atom is -0.506 e. The molecule has 0 saturated carbocycles. The highest BCUT2D eigenvalue weighted by molar-refractivity contribution is 7.13. The van der Waals surface area contributed by atoms with Crippen LogP contribution in [0.2, 0.25) is 0 Å². The van der Waals surface area contributed by atoms with Gasteiger partial charge in [0.2, 0.25) is 0 Å². The number of halogens is 1. The van der Waals surface area contributed by atoms with Crippen molar-refractivity contribution in [2.75, 3.05) is 0 Å². The lowest BCUT2D eigenvalue weighted by molar-refractivity contribution is 0.0981. The third kappa shape index (κ3) is 3.61. The Hall–Kier alpha value is -2.99. The molecule has 2 aromatic carbocycles. The maximum Gasteiger partial charge on any atom is 0.165 e. The van der Waals surface area contributed by atoms with Gasteiger partial charge in [-0.05, 0) is 54.1 Å². The number of phenolic OH excluding ortho intramolecular Hbond substituents is 1. The van der Waals surface area contributed by atoms with E-state index in [4.69, 9.17) is 0 Å². The van der Waals surface area contributed by atoms with E-state index >= 15 is 0 Å². The number of benzene rings is 2. The van der Waals surface area contributed by atoms with Crippen molar-refractivity contribution in [3.05, 3.63) is 70.9 Å². The van der Waals surface area contributed by atoms with E-state index in [-0.39, 0.29) is 17.3 Å². The normalized spacial score (nSPS) is 11.1. The van der Waals surface area contributed by atoms with E-state index in [1.807, 2.05) is 17.5 Å². The minimum absolute atomic E-state index is 0.0219. The number of imidazole rings is 1. The molecular weight excluding hydrogens is 363 g/mol. The number of fused-ring (bicyclic) bond motifs is 1. The summed E-state index contributed by atoms with van der Waals surface area (Å²) in [7, 11) is 0. The molecule has 4 nitrogen and oxygen atoms in total. The first kappa shape index (κ1) is 17.4. The van der Waals surface area contributed by atoms with Crippen molar-refractivity contribution in [3.8, 4) is 16.5 Å². The molecule has 0 fully saturated rings. The lowest BCUT2D eigenvalue weighted by atomic mass is 10.0.